The number of amides is 1. The van der Waals surface area contributed by atoms with Crippen LogP contribution in [0.4, 0.5) is 11.4 Å². The molecule has 2 heterocycles. The molecule has 30 heavy (non-hydrogen) atoms. The minimum atomic E-state index is -0.461. The van der Waals surface area contributed by atoms with Crippen molar-refractivity contribution < 1.29 is 14.1 Å². The summed E-state index contributed by atoms with van der Waals surface area (Å²) in [6, 6.07) is 15.0. The van der Waals surface area contributed by atoms with Gasteiger partial charge in [0.1, 0.15) is 11.5 Å². The van der Waals surface area contributed by atoms with Gasteiger partial charge in [-0.15, -0.1) is 0 Å². The van der Waals surface area contributed by atoms with Gasteiger partial charge in [0.15, 0.2) is 5.17 Å². The van der Waals surface area contributed by atoms with Crippen molar-refractivity contribution in [2.75, 3.05) is 0 Å². The number of hydrogen-bond donors (Lipinski definition) is 1. The smallest absolute Gasteiger partial charge is 0.270 e. The molecule has 0 radical (unpaired) electrons. The van der Waals surface area contributed by atoms with Crippen molar-refractivity contribution in [3.8, 4) is 11.3 Å². The number of benzene rings is 2. The van der Waals surface area contributed by atoms with E-state index in [1.54, 1.807) is 36.4 Å². The monoisotopic (exact) mass is 439 g/mol. The molecule has 1 fully saturated rings. The lowest BCUT2D eigenvalue weighted by atomic mass is 10.1. The summed E-state index contributed by atoms with van der Waals surface area (Å²) in [4.78, 5) is 27.6. The van der Waals surface area contributed by atoms with Crippen molar-refractivity contribution in [3.05, 3.63) is 86.0 Å². The van der Waals surface area contributed by atoms with E-state index in [0.29, 0.717) is 37.9 Å². The maximum atomic E-state index is 12.3. The molecule has 1 amide bonds. The van der Waals surface area contributed by atoms with E-state index in [1.165, 1.54) is 23.9 Å². The minimum Gasteiger partial charge on any atom is -0.457 e. The summed E-state index contributed by atoms with van der Waals surface area (Å²) in [5, 5.41) is 14.7. The number of carbonyl (C=O) groups excluding carboxylic acids is 1. The van der Waals surface area contributed by atoms with Gasteiger partial charge >= 0.3 is 0 Å². The summed E-state index contributed by atoms with van der Waals surface area (Å²) in [5.41, 5.74) is 2.14. The molecule has 0 atom stereocenters. The van der Waals surface area contributed by atoms with Gasteiger partial charge in [0.2, 0.25) is 0 Å². The van der Waals surface area contributed by atoms with Crippen molar-refractivity contribution in [3.63, 3.8) is 0 Å². The lowest BCUT2D eigenvalue weighted by Crippen LogP contribution is -2.19. The van der Waals surface area contributed by atoms with Gasteiger partial charge in [0, 0.05) is 28.8 Å². The van der Waals surface area contributed by atoms with E-state index in [4.69, 9.17) is 16.0 Å². The molecule has 1 aromatic heterocycles. The second-order valence-corrected chi connectivity index (χ2v) is 7.86. The lowest BCUT2D eigenvalue weighted by Gasteiger charge is -2.00. The Balaban J connectivity index is 1.55. The van der Waals surface area contributed by atoms with Crippen LogP contribution in [0.25, 0.3) is 17.4 Å². The SMILES string of the molecule is Cc1ccc(N=C2NC(=O)/C(=C/c3ccc(-c4cccc([N+](=O)[O-])c4)o3)S2)cc1Cl. The van der Waals surface area contributed by atoms with Crippen LogP contribution < -0.4 is 5.32 Å². The summed E-state index contributed by atoms with van der Waals surface area (Å²) >= 11 is 7.31. The molecule has 1 N–H and O–H groups in total. The number of carbonyl (C=O) groups is 1. The number of non-ortho nitro benzene ring substituents is 1. The van der Waals surface area contributed by atoms with Gasteiger partial charge in [-0.1, -0.05) is 29.8 Å². The van der Waals surface area contributed by atoms with E-state index in [-0.39, 0.29) is 11.6 Å². The third-order valence-electron chi connectivity index (χ3n) is 4.28. The number of hydrogen-bond acceptors (Lipinski definition) is 6. The van der Waals surface area contributed by atoms with Gasteiger partial charge in [0.05, 0.1) is 15.5 Å². The molecule has 1 aliphatic heterocycles. The number of aliphatic imine (C=N–C) groups is 1. The summed E-state index contributed by atoms with van der Waals surface area (Å²) in [7, 11) is 0. The third kappa shape index (κ3) is 4.29. The van der Waals surface area contributed by atoms with Gasteiger partial charge < -0.3 is 9.73 Å². The fourth-order valence-electron chi connectivity index (χ4n) is 2.74. The van der Waals surface area contributed by atoms with E-state index >= 15 is 0 Å². The Bertz CT molecular complexity index is 1230. The van der Waals surface area contributed by atoms with Crippen LogP contribution in [0.1, 0.15) is 11.3 Å². The Morgan fingerprint density at radius 1 is 1.20 bits per heavy atom. The molecule has 4 rings (SSSR count). The Morgan fingerprint density at radius 3 is 2.80 bits per heavy atom. The lowest BCUT2D eigenvalue weighted by molar-refractivity contribution is -0.384. The zero-order valence-corrected chi connectivity index (χ0v) is 17.2. The number of nitrogens with one attached hydrogen (secondary N) is 1. The van der Waals surface area contributed by atoms with Crippen molar-refractivity contribution in [1.82, 2.24) is 5.32 Å². The first-order chi connectivity index (χ1) is 14.4. The van der Waals surface area contributed by atoms with Crippen molar-refractivity contribution in [1.29, 1.82) is 0 Å². The van der Waals surface area contributed by atoms with Crippen LogP contribution in [0.5, 0.6) is 0 Å². The Kier molecular flexibility index (Phi) is 5.43. The summed E-state index contributed by atoms with van der Waals surface area (Å²) in [5.74, 6) is 0.635. The predicted molar refractivity (Wildman–Crippen MR) is 118 cm³/mol. The zero-order valence-electron chi connectivity index (χ0n) is 15.6. The maximum Gasteiger partial charge on any atom is 0.270 e. The number of halogens is 1. The minimum absolute atomic E-state index is 0.0217. The molecule has 1 saturated heterocycles. The van der Waals surface area contributed by atoms with Crippen molar-refractivity contribution >= 4 is 51.9 Å². The zero-order chi connectivity index (χ0) is 21.3. The van der Waals surface area contributed by atoms with Crippen molar-refractivity contribution in [2.24, 2.45) is 4.99 Å². The highest BCUT2D eigenvalue weighted by atomic mass is 35.5. The molecule has 9 heteroatoms. The molecule has 0 bridgehead atoms. The number of aryl methyl sites for hydroxylation is 1. The maximum absolute atomic E-state index is 12.3. The average molecular weight is 440 g/mol. The Morgan fingerprint density at radius 2 is 2.03 bits per heavy atom. The van der Waals surface area contributed by atoms with Crippen molar-refractivity contribution in [2.45, 2.75) is 6.92 Å². The largest absolute Gasteiger partial charge is 0.457 e. The van der Waals surface area contributed by atoms with E-state index in [1.807, 2.05) is 19.1 Å². The average Bonchev–Trinajstić information content (AvgIpc) is 3.32. The van der Waals surface area contributed by atoms with Crippen LogP contribution in [-0.2, 0) is 4.79 Å². The van der Waals surface area contributed by atoms with Crippen LogP contribution in [-0.4, -0.2) is 16.0 Å². The highest BCUT2D eigenvalue weighted by molar-refractivity contribution is 8.18. The number of thioether (sulfide) groups is 1. The second kappa shape index (κ2) is 8.17. The summed E-state index contributed by atoms with van der Waals surface area (Å²) < 4.78 is 5.75. The normalized spacial score (nSPS) is 16.3. The number of amidine groups is 1. The van der Waals surface area contributed by atoms with Gasteiger partial charge in [-0.3, -0.25) is 14.9 Å². The third-order valence-corrected chi connectivity index (χ3v) is 5.60. The van der Waals surface area contributed by atoms with Crippen LogP contribution in [0.15, 0.2) is 68.9 Å². The van der Waals surface area contributed by atoms with E-state index < -0.39 is 4.92 Å². The second-order valence-electron chi connectivity index (χ2n) is 6.42. The molecule has 7 nitrogen and oxygen atoms in total. The molecule has 3 aromatic rings. The molecule has 2 aromatic carbocycles. The van der Waals surface area contributed by atoms with E-state index in [2.05, 4.69) is 10.3 Å². The summed E-state index contributed by atoms with van der Waals surface area (Å²) in [6.07, 6.45) is 1.60. The predicted octanol–water partition coefficient (Wildman–Crippen LogP) is 5.71. The molecular formula is C21H14ClN3O4S. The van der Waals surface area contributed by atoms with E-state index in [9.17, 15) is 14.9 Å². The molecule has 150 valence electrons. The number of furan rings is 1. The standard InChI is InChI=1S/C21H14ClN3O4S/c1-12-5-6-14(10-17(12)22)23-21-24-20(26)19(30-21)11-16-7-8-18(29-16)13-3-2-4-15(9-13)25(27)28/h2-11H,1H3,(H,23,24,26)/b19-11-. The van der Waals surface area contributed by atoms with E-state index in [0.717, 1.165) is 5.56 Å². The topological polar surface area (TPSA) is 97.7 Å². The number of rotatable bonds is 4. The first-order valence-electron chi connectivity index (χ1n) is 8.79. The molecule has 0 aliphatic carbocycles. The number of nitrogens with zero attached hydrogens (tertiary/aromatic N) is 2. The highest BCUT2D eigenvalue weighted by Gasteiger charge is 2.24. The number of nitro groups is 1. The summed E-state index contributed by atoms with van der Waals surface area (Å²) in [6.45, 7) is 1.90. The van der Waals surface area contributed by atoms with Gasteiger partial charge in [-0.05, 0) is 48.5 Å². The Hall–Kier alpha value is -3.36. The van der Waals surface area contributed by atoms with Gasteiger partial charge in [-0.25, -0.2) is 4.99 Å². The number of nitro benzene ring substituents is 1. The Labute approximate surface area is 180 Å². The quantitative estimate of drug-likeness (QED) is 0.319. The van der Waals surface area contributed by atoms with Gasteiger partial charge in [0.25, 0.3) is 11.6 Å². The van der Waals surface area contributed by atoms with Crippen LogP contribution >= 0.6 is 23.4 Å². The van der Waals surface area contributed by atoms with Gasteiger partial charge in [-0.2, -0.15) is 0 Å². The first kappa shape index (κ1) is 19.9. The van der Waals surface area contributed by atoms with Crippen LogP contribution in [0.3, 0.4) is 0 Å². The molecular weight excluding hydrogens is 426 g/mol. The fraction of sp³-hybridized carbons (Fsp3) is 0.0476. The molecule has 0 unspecified atom stereocenters. The van der Waals surface area contributed by atoms with Crippen LogP contribution in [0, 0.1) is 17.0 Å². The first-order valence-corrected chi connectivity index (χ1v) is 9.99. The van der Waals surface area contributed by atoms with Crippen LogP contribution in [0.2, 0.25) is 5.02 Å². The molecule has 0 saturated carbocycles. The molecule has 0 spiro atoms. The molecule has 1 aliphatic rings. The fourth-order valence-corrected chi connectivity index (χ4v) is 3.73. The highest BCUT2D eigenvalue weighted by Crippen LogP contribution is 2.31.